The first-order valence-corrected chi connectivity index (χ1v) is 6.73. The maximum atomic E-state index is 13.0. The number of benzene rings is 1. The van der Waals surface area contributed by atoms with Crippen molar-refractivity contribution in [1.82, 2.24) is 10.3 Å². The second-order valence-electron chi connectivity index (χ2n) is 3.92. The molecule has 1 aromatic heterocycles. The summed E-state index contributed by atoms with van der Waals surface area (Å²) in [6, 6.07) is 10.2. The van der Waals surface area contributed by atoms with Crippen molar-refractivity contribution in [3.63, 3.8) is 0 Å². The number of nitrogens with zero attached hydrogens (tertiary/aromatic N) is 1. The molecule has 0 aliphatic heterocycles. The molecule has 0 atom stereocenters. The van der Waals surface area contributed by atoms with Gasteiger partial charge >= 0.3 is 0 Å². The van der Waals surface area contributed by atoms with Gasteiger partial charge in [-0.05, 0) is 40.2 Å². The normalized spacial score (nSPS) is 10.4. The average molecular weight is 325 g/mol. The van der Waals surface area contributed by atoms with Crippen LogP contribution < -0.4 is 10.1 Å². The SMILES string of the molecule is Fc1ccc(Br)c(OCCNCc2ccccn2)c1. The van der Waals surface area contributed by atoms with Gasteiger partial charge in [0, 0.05) is 25.4 Å². The van der Waals surface area contributed by atoms with Crippen LogP contribution in [0.2, 0.25) is 0 Å². The molecule has 2 aromatic rings. The summed E-state index contributed by atoms with van der Waals surface area (Å²) in [7, 11) is 0. The molecular weight excluding hydrogens is 311 g/mol. The fraction of sp³-hybridized carbons (Fsp3) is 0.214. The van der Waals surface area contributed by atoms with Crippen molar-refractivity contribution in [3.05, 3.63) is 58.6 Å². The van der Waals surface area contributed by atoms with Gasteiger partial charge in [0.2, 0.25) is 0 Å². The minimum absolute atomic E-state index is 0.306. The van der Waals surface area contributed by atoms with Crippen LogP contribution in [-0.4, -0.2) is 18.1 Å². The Morgan fingerprint density at radius 3 is 2.95 bits per heavy atom. The fourth-order valence-corrected chi connectivity index (χ4v) is 1.90. The lowest BCUT2D eigenvalue weighted by atomic mass is 10.3. The van der Waals surface area contributed by atoms with E-state index in [0.29, 0.717) is 25.4 Å². The predicted octanol–water partition coefficient (Wildman–Crippen LogP) is 3.15. The lowest BCUT2D eigenvalue weighted by molar-refractivity contribution is 0.310. The molecule has 2 rings (SSSR count). The van der Waals surface area contributed by atoms with Crippen molar-refractivity contribution in [3.8, 4) is 5.75 Å². The Hall–Kier alpha value is -1.46. The van der Waals surface area contributed by atoms with E-state index < -0.39 is 0 Å². The molecule has 0 aliphatic carbocycles. The third-order valence-electron chi connectivity index (χ3n) is 2.46. The van der Waals surface area contributed by atoms with Crippen LogP contribution in [0.5, 0.6) is 5.75 Å². The lowest BCUT2D eigenvalue weighted by Gasteiger charge is -2.09. The molecule has 1 N–H and O–H groups in total. The van der Waals surface area contributed by atoms with Crippen LogP contribution in [0.1, 0.15) is 5.69 Å². The van der Waals surface area contributed by atoms with Gasteiger partial charge in [-0.3, -0.25) is 4.98 Å². The highest BCUT2D eigenvalue weighted by Crippen LogP contribution is 2.25. The summed E-state index contributed by atoms with van der Waals surface area (Å²) in [6.45, 7) is 1.82. The number of hydrogen-bond donors (Lipinski definition) is 1. The molecule has 100 valence electrons. The molecule has 3 nitrogen and oxygen atoms in total. The Morgan fingerprint density at radius 1 is 1.26 bits per heavy atom. The van der Waals surface area contributed by atoms with E-state index in [9.17, 15) is 4.39 Å². The van der Waals surface area contributed by atoms with Crippen LogP contribution >= 0.6 is 15.9 Å². The maximum Gasteiger partial charge on any atom is 0.136 e. The molecule has 19 heavy (non-hydrogen) atoms. The van der Waals surface area contributed by atoms with Crippen LogP contribution in [0.4, 0.5) is 4.39 Å². The minimum atomic E-state index is -0.306. The standard InChI is InChI=1S/C14H14BrFN2O/c15-13-5-4-11(16)9-14(13)19-8-7-17-10-12-3-1-2-6-18-12/h1-6,9,17H,7-8,10H2. The van der Waals surface area contributed by atoms with E-state index in [0.717, 1.165) is 10.2 Å². The van der Waals surface area contributed by atoms with Gasteiger partial charge in [0.25, 0.3) is 0 Å². The van der Waals surface area contributed by atoms with E-state index in [1.165, 1.54) is 12.1 Å². The molecule has 0 radical (unpaired) electrons. The number of halogens is 2. The molecule has 0 saturated carbocycles. The number of rotatable bonds is 6. The number of hydrogen-bond acceptors (Lipinski definition) is 3. The van der Waals surface area contributed by atoms with E-state index >= 15 is 0 Å². The summed E-state index contributed by atoms with van der Waals surface area (Å²) in [5, 5.41) is 3.21. The highest BCUT2D eigenvalue weighted by Gasteiger charge is 2.02. The maximum absolute atomic E-state index is 13.0. The van der Waals surface area contributed by atoms with Gasteiger partial charge in [-0.15, -0.1) is 0 Å². The van der Waals surface area contributed by atoms with Crippen molar-refractivity contribution in [2.24, 2.45) is 0 Å². The van der Waals surface area contributed by atoms with Crippen LogP contribution in [0.25, 0.3) is 0 Å². The van der Waals surface area contributed by atoms with Crippen LogP contribution in [0.15, 0.2) is 47.1 Å². The monoisotopic (exact) mass is 324 g/mol. The molecule has 0 aliphatic rings. The molecule has 0 spiro atoms. The molecule has 0 amide bonds. The number of pyridine rings is 1. The van der Waals surface area contributed by atoms with Gasteiger partial charge in [-0.25, -0.2) is 4.39 Å². The van der Waals surface area contributed by atoms with Gasteiger partial charge in [-0.1, -0.05) is 6.07 Å². The topological polar surface area (TPSA) is 34.1 Å². The van der Waals surface area contributed by atoms with E-state index in [4.69, 9.17) is 4.74 Å². The molecule has 0 fully saturated rings. The fourth-order valence-electron chi connectivity index (χ4n) is 1.54. The first-order chi connectivity index (χ1) is 9.25. The molecular formula is C14H14BrFN2O. The summed E-state index contributed by atoms with van der Waals surface area (Å²) < 4.78 is 19.3. The van der Waals surface area contributed by atoms with E-state index in [2.05, 4.69) is 26.2 Å². The molecule has 0 saturated heterocycles. The molecule has 0 unspecified atom stereocenters. The summed E-state index contributed by atoms with van der Waals surface area (Å²) in [4.78, 5) is 4.20. The number of aromatic nitrogens is 1. The zero-order valence-electron chi connectivity index (χ0n) is 10.3. The number of ether oxygens (including phenoxy) is 1. The average Bonchev–Trinajstić information content (AvgIpc) is 2.43. The molecule has 5 heteroatoms. The Balaban J connectivity index is 1.71. The van der Waals surface area contributed by atoms with E-state index in [1.807, 2.05) is 18.2 Å². The summed E-state index contributed by atoms with van der Waals surface area (Å²) in [5.41, 5.74) is 0.981. The highest BCUT2D eigenvalue weighted by molar-refractivity contribution is 9.10. The zero-order valence-corrected chi connectivity index (χ0v) is 11.9. The Labute approximate surface area is 119 Å². The van der Waals surface area contributed by atoms with Crippen LogP contribution in [0.3, 0.4) is 0 Å². The first-order valence-electron chi connectivity index (χ1n) is 5.94. The van der Waals surface area contributed by atoms with E-state index in [-0.39, 0.29) is 5.82 Å². The first kappa shape index (κ1) is 14.0. The van der Waals surface area contributed by atoms with Gasteiger partial charge in [0.1, 0.15) is 18.2 Å². The van der Waals surface area contributed by atoms with Crippen LogP contribution in [-0.2, 0) is 6.54 Å². The van der Waals surface area contributed by atoms with Crippen molar-refractivity contribution in [1.29, 1.82) is 0 Å². The van der Waals surface area contributed by atoms with E-state index in [1.54, 1.807) is 12.3 Å². The second kappa shape index (κ2) is 7.21. The van der Waals surface area contributed by atoms with Gasteiger partial charge in [-0.2, -0.15) is 0 Å². The van der Waals surface area contributed by atoms with Crippen molar-refractivity contribution in [2.75, 3.05) is 13.2 Å². The highest BCUT2D eigenvalue weighted by atomic mass is 79.9. The summed E-state index contributed by atoms with van der Waals surface area (Å²) >= 11 is 3.31. The summed E-state index contributed by atoms with van der Waals surface area (Å²) in [6.07, 6.45) is 1.76. The Kier molecular flexibility index (Phi) is 5.30. The smallest absolute Gasteiger partial charge is 0.136 e. The predicted molar refractivity (Wildman–Crippen MR) is 75.5 cm³/mol. The summed E-state index contributed by atoms with van der Waals surface area (Å²) in [5.74, 6) is 0.208. The Bertz CT molecular complexity index is 522. The second-order valence-corrected chi connectivity index (χ2v) is 4.78. The third kappa shape index (κ3) is 4.61. The van der Waals surface area contributed by atoms with Gasteiger partial charge in [0.15, 0.2) is 0 Å². The third-order valence-corrected chi connectivity index (χ3v) is 3.12. The van der Waals surface area contributed by atoms with Crippen molar-refractivity contribution in [2.45, 2.75) is 6.54 Å². The van der Waals surface area contributed by atoms with Crippen molar-refractivity contribution >= 4 is 15.9 Å². The lowest BCUT2D eigenvalue weighted by Crippen LogP contribution is -2.21. The molecule has 0 bridgehead atoms. The van der Waals surface area contributed by atoms with Gasteiger partial charge < -0.3 is 10.1 Å². The van der Waals surface area contributed by atoms with Gasteiger partial charge in [0.05, 0.1) is 10.2 Å². The largest absolute Gasteiger partial charge is 0.491 e. The quantitative estimate of drug-likeness (QED) is 0.829. The Morgan fingerprint density at radius 2 is 2.16 bits per heavy atom. The zero-order chi connectivity index (χ0) is 13.5. The number of nitrogens with one attached hydrogen (secondary N) is 1. The molecule has 1 aromatic carbocycles. The molecule has 1 heterocycles. The van der Waals surface area contributed by atoms with Crippen LogP contribution in [0, 0.1) is 5.82 Å². The minimum Gasteiger partial charge on any atom is -0.491 e. The van der Waals surface area contributed by atoms with Crippen molar-refractivity contribution < 1.29 is 9.13 Å².